The van der Waals surface area contributed by atoms with Gasteiger partial charge in [-0.15, -0.1) is 0 Å². The molecule has 2 amide bonds. The molecule has 2 unspecified atom stereocenters. The number of fused-ring (bicyclic) bond motifs is 4. The number of aromatic amines is 1. The highest BCUT2D eigenvalue weighted by molar-refractivity contribution is 6.30. The van der Waals surface area contributed by atoms with Crippen molar-refractivity contribution in [1.29, 1.82) is 0 Å². The number of halogens is 1. The Morgan fingerprint density at radius 3 is 2.37 bits per heavy atom. The number of nitrogens with zero attached hydrogens (tertiary/aromatic N) is 2. The molecular weight excluding hydrogens is 818 g/mol. The van der Waals surface area contributed by atoms with Crippen molar-refractivity contribution in [2.24, 2.45) is 5.92 Å². The molecule has 9 rings (SSSR count). The Kier molecular flexibility index (Phi) is 14.0. The summed E-state index contributed by atoms with van der Waals surface area (Å²) in [5.74, 6) is 0.861. The first-order valence-corrected chi connectivity index (χ1v) is 21.9. The molecule has 3 saturated heterocycles. The first-order chi connectivity index (χ1) is 30.7. The fraction of sp³-hybridized carbons (Fsp3) is 0.300. The van der Waals surface area contributed by atoms with Crippen molar-refractivity contribution in [3.05, 3.63) is 176 Å². The summed E-state index contributed by atoms with van der Waals surface area (Å²) in [5.41, 5.74) is 4.68. The predicted octanol–water partition coefficient (Wildman–Crippen LogP) is 7.73. The second-order valence-corrected chi connectivity index (χ2v) is 16.8. The number of aliphatic hydroxyl groups is 1. The number of ether oxygens (including phenoxy) is 2. The van der Waals surface area contributed by atoms with E-state index in [-0.39, 0.29) is 42.0 Å². The molecule has 2 bridgehead atoms. The number of phenols is 1. The van der Waals surface area contributed by atoms with Crippen molar-refractivity contribution in [3.63, 3.8) is 0 Å². The van der Waals surface area contributed by atoms with Crippen molar-refractivity contribution in [3.8, 4) is 11.5 Å². The van der Waals surface area contributed by atoms with Crippen LogP contribution >= 0.6 is 11.6 Å². The van der Waals surface area contributed by atoms with Gasteiger partial charge in [-0.05, 0) is 121 Å². The molecule has 5 aromatic carbocycles. The van der Waals surface area contributed by atoms with Crippen LogP contribution in [0.15, 0.2) is 132 Å². The molecule has 3 aliphatic rings. The lowest BCUT2D eigenvalue weighted by Gasteiger charge is -2.43. The molecule has 6 aromatic rings. The minimum Gasteiger partial charge on any atom is -0.506 e. The van der Waals surface area contributed by atoms with E-state index in [1.807, 2.05) is 91.0 Å². The topological polar surface area (TPSA) is 156 Å². The maximum atomic E-state index is 14.0. The zero-order valence-corrected chi connectivity index (χ0v) is 35.7. The molecule has 5 N–H and O–H groups in total. The zero-order chi connectivity index (χ0) is 43.7. The number of rotatable bonds is 17. The number of phenolic OH excluding ortho intramolecular Hbond substituents is 1. The summed E-state index contributed by atoms with van der Waals surface area (Å²) in [5, 5.41) is 28.8. The van der Waals surface area contributed by atoms with Crippen molar-refractivity contribution < 1.29 is 29.3 Å². The number of amides is 2. The normalized spacial score (nSPS) is 17.8. The van der Waals surface area contributed by atoms with E-state index in [4.69, 9.17) is 21.1 Å². The van der Waals surface area contributed by atoms with Gasteiger partial charge in [0.1, 0.15) is 24.2 Å². The average Bonchev–Trinajstić information content (AvgIpc) is 3.31. The van der Waals surface area contributed by atoms with Gasteiger partial charge in [0.05, 0.1) is 17.7 Å². The molecule has 3 fully saturated rings. The Morgan fingerprint density at radius 2 is 1.62 bits per heavy atom. The molecule has 4 heterocycles. The number of piperidine rings is 3. The minimum atomic E-state index is -0.893. The molecule has 0 radical (unpaired) electrons. The number of carbonyl (C=O) groups is 2. The monoisotopic (exact) mass is 869 g/mol. The number of aliphatic hydroxyl groups excluding tert-OH is 1. The fourth-order valence-electron chi connectivity index (χ4n) is 8.57. The molecule has 12 nitrogen and oxygen atoms in total. The van der Waals surface area contributed by atoms with Crippen LogP contribution in [0.2, 0.25) is 5.02 Å². The third-order valence-electron chi connectivity index (χ3n) is 12.0. The molecule has 3 atom stereocenters. The predicted molar refractivity (Wildman–Crippen MR) is 243 cm³/mol. The quantitative estimate of drug-likeness (QED) is 0.0579. The lowest BCUT2D eigenvalue weighted by Crippen LogP contribution is -2.52. The fourth-order valence-corrected chi connectivity index (χ4v) is 8.70. The molecule has 0 saturated carbocycles. The molecule has 13 heteroatoms. The summed E-state index contributed by atoms with van der Waals surface area (Å²) >= 11 is 6.16. The first kappa shape index (κ1) is 43.5. The Bertz CT molecular complexity index is 2550. The van der Waals surface area contributed by atoms with E-state index >= 15 is 0 Å². The molecular formula is C50H52ClN5O7. The van der Waals surface area contributed by atoms with Crippen LogP contribution in [0.5, 0.6) is 11.5 Å². The lowest BCUT2D eigenvalue weighted by atomic mass is 9.86. The number of hydrogen-bond donors (Lipinski definition) is 5. The van der Waals surface area contributed by atoms with Crippen LogP contribution in [-0.4, -0.2) is 82.4 Å². The third-order valence-corrected chi connectivity index (χ3v) is 12.3. The van der Waals surface area contributed by atoms with E-state index in [2.05, 4.69) is 20.5 Å². The highest BCUT2D eigenvalue weighted by Crippen LogP contribution is 2.32. The van der Waals surface area contributed by atoms with Crippen LogP contribution in [0.3, 0.4) is 0 Å². The van der Waals surface area contributed by atoms with Gasteiger partial charge in [0.25, 0.3) is 5.91 Å². The second kappa shape index (κ2) is 20.3. The van der Waals surface area contributed by atoms with Crippen LogP contribution in [0.25, 0.3) is 10.9 Å². The Labute approximate surface area is 371 Å². The number of hydrogen-bond acceptors (Lipinski definition) is 9. The highest BCUT2D eigenvalue weighted by Gasteiger charge is 2.37. The van der Waals surface area contributed by atoms with Crippen molar-refractivity contribution >= 4 is 34.5 Å². The summed E-state index contributed by atoms with van der Waals surface area (Å²) in [6.45, 7) is 4.79. The molecule has 63 heavy (non-hydrogen) atoms. The molecule has 326 valence electrons. The number of benzene rings is 5. The van der Waals surface area contributed by atoms with Gasteiger partial charge in [-0.25, -0.2) is 4.79 Å². The van der Waals surface area contributed by atoms with Crippen molar-refractivity contribution in [2.45, 2.75) is 50.7 Å². The number of aromatic hydroxyl groups is 1. The first-order valence-electron chi connectivity index (χ1n) is 21.5. The summed E-state index contributed by atoms with van der Waals surface area (Å²) in [4.78, 5) is 45.9. The van der Waals surface area contributed by atoms with E-state index < -0.39 is 18.2 Å². The molecule has 1 aromatic heterocycles. The Balaban J connectivity index is 0.877. The van der Waals surface area contributed by atoms with Crippen LogP contribution in [0.1, 0.15) is 69.6 Å². The summed E-state index contributed by atoms with van der Waals surface area (Å²) in [7, 11) is 0. The number of pyridine rings is 1. The number of carbonyl (C=O) groups excluding carboxylic acids is 2. The standard InChI is InChI=1S/C50H52ClN5O7/c51-39-16-12-33(13-17-39)30-56(25-5-24-52-29-44(58)41-18-20-43(57)48-42(41)19-21-46(59)53-48)49(60)37-14-10-34(11-15-37)32-62-40-9-4-8-38(28-40)47(36-6-2-1-3-7-36)54-50(61)63-45-31-55-26-22-35(45)23-27-55/h1-4,6-21,28,35,44-45,47,52,57-58H,5,22-27,29-32H2,(H,53,59)(H,54,61)/t44?,45?,47-/m0/s1. The van der Waals surface area contributed by atoms with Gasteiger partial charge in [0.15, 0.2) is 0 Å². The SMILES string of the molecule is O=C(N[C@@H](c1ccccc1)c1cccc(OCc2ccc(C(=O)N(CCCNCC(O)c3ccc(O)c4[nH]c(=O)ccc34)Cc3ccc(Cl)cc3)cc2)c1)OC1CN2CCC1CC2. The minimum absolute atomic E-state index is 0.0662. The molecule has 0 aliphatic carbocycles. The Hall–Kier alpha value is -6.18. The Morgan fingerprint density at radius 1 is 0.873 bits per heavy atom. The summed E-state index contributed by atoms with van der Waals surface area (Å²) in [6.07, 6.45) is 1.31. The summed E-state index contributed by atoms with van der Waals surface area (Å²) < 4.78 is 12.3. The number of H-pyrrole nitrogens is 1. The lowest BCUT2D eigenvalue weighted by molar-refractivity contribution is -0.0336. The van der Waals surface area contributed by atoms with Gasteiger partial charge in [0, 0.05) is 48.2 Å². The molecule has 3 aliphatic heterocycles. The van der Waals surface area contributed by atoms with Crippen LogP contribution in [-0.2, 0) is 17.9 Å². The van der Waals surface area contributed by atoms with Gasteiger partial charge in [-0.2, -0.15) is 0 Å². The average molecular weight is 870 g/mol. The van der Waals surface area contributed by atoms with E-state index in [0.717, 1.165) is 54.7 Å². The summed E-state index contributed by atoms with van der Waals surface area (Å²) in [6, 6.07) is 38.0. The van der Waals surface area contributed by atoms with Gasteiger partial charge in [-0.3, -0.25) is 14.5 Å². The van der Waals surface area contributed by atoms with E-state index in [1.165, 1.54) is 12.1 Å². The van der Waals surface area contributed by atoms with Gasteiger partial charge < -0.3 is 40.2 Å². The van der Waals surface area contributed by atoms with Crippen LogP contribution in [0, 0.1) is 5.92 Å². The van der Waals surface area contributed by atoms with Gasteiger partial charge in [0.2, 0.25) is 5.56 Å². The number of nitrogens with one attached hydrogen (secondary N) is 3. The zero-order valence-electron chi connectivity index (χ0n) is 34.9. The smallest absolute Gasteiger partial charge is 0.408 e. The van der Waals surface area contributed by atoms with Crippen LogP contribution < -0.4 is 20.9 Å². The van der Waals surface area contributed by atoms with Gasteiger partial charge in [-0.1, -0.05) is 84.4 Å². The molecule has 0 spiro atoms. The largest absolute Gasteiger partial charge is 0.506 e. The number of aromatic nitrogens is 1. The maximum Gasteiger partial charge on any atom is 0.408 e. The van der Waals surface area contributed by atoms with E-state index in [0.29, 0.717) is 59.3 Å². The maximum absolute atomic E-state index is 14.0. The van der Waals surface area contributed by atoms with Gasteiger partial charge >= 0.3 is 6.09 Å². The van der Waals surface area contributed by atoms with Crippen LogP contribution in [0.4, 0.5) is 4.79 Å². The highest BCUT2D eigenvalue weighted by atomic mass is 35.5. The number of alkyl carbamates (subject to hydrolysis) is 1. The van der Waals surface area contributed by atoms with Crippen molar-refractivity contribution in [2.75, 3.05) is 39.3 Å². The van der Waals surface area contributed by atoms with E-state index in [1.54, 1.807) is 29.2 Å². The van der Waals surface area contributed by atoms with Crippen molar-refractivity contribution in [1.82, 2.24) is 25.4 Å². The second-order valence-electron chi connectivity index (χ2n) is 16.3. The van der Waals surface area contributed by atoms with E-state index in [9.17, 15) is 24.6 Å². The third kappa shape index (κ3) is 11.1.